The number of hydrogen-bond donors (Lipinski definition) is 2. The summed E-state index contributed by atoms with van der Waals surface area (Å²) >= 11 is 0. The minimum Gasteiger partial charge on any atom is -0.371 e. The molecule has 1 fully saturated rings. The normalized spacial score (nSPS) is 19.1. The van der Waals surface area contributed by atoms with Gasteiger partial charge in [0, 0.05) is 49.7 Å². The van der Waals surface area contributed by atoms with Crippen LogP contribution in [0.5, 0.6) is 0 Å². The van der Waals surface area contributed by atoms with Crippen molar-refractivity contribution >= 4 is 17.5 Å². The van der Waals surface area contributed by atoms with E-state index in [0.29, 0.717) is 0 Å². The molecule has 2 heterocycles. The number of anilines is 1. The number of nitrogens with one attached hydrogen (secondary N) is 2. The van der Waals surface area contributed by atoms with Gasteiger partial charge in [-0.2, -0.15) is 0 Å². The first-order chi connectivity index (χ1) is 15.5. The second-order valence-electron chi connectivity index (χ2n) is 9.71. The fourth-order valence-electron chi connectivity index (χ4n) is 5.39. The van der Waals surface area contributed by atoms with Crippen LogP contribution in [-0.4, -0.2) is 35.6 Å². The molecule has 2 N–H and O–H groups in total. The van der Waals surface area contributed by atoms with E-state index in [2.05, 4.69) is 78.6 Å². The third-order valence-electron chi connectivity index (χ3n) is 7.54. The van der Waals surface area contributed by atoms with E-state index in [1.165, 1.54) is 53.5 Å². The summed E-state index contributed by atoms with van der Waals surface area (Å²) in [5, 5.41) is 7.41. The number of pyridine rings is 1. The molecule has 1 saturated carbocycles. The van der Waals surface area contributed by atoms with Crippen molar-refractivity contribution in [1.82, 2.24) is 15.2 Å². The van der Waals surface area contributed by atoms with E-state index in [4.69, 9.17) is 4.98 Å². The Balaban J connectivity index is 1.23. The molecule has 2 aliphatic carbocycles. The summed E-state index contributed by atoms with van der Waals surface area (Å²) < 4.78 is 0. The van der Waals surface area contributed by atoms with Crippen LogP contribution in [0.25, 0.3) is 11.6 Å². The van der Waals surface area contributed by atoms with Crippen LogP contribution in [0.3, 0.4) is 0 Å². The lowest BCUT2D eigenvalue weighted by Gasteiger charge is -2.28. The van der Waals surface area contributed by atoms with Gasteiger partial charge in [0.2, 0.25) is 0 Å². The highest BCUT2D eigenvalue weighted by Crippen LogP contribution is 2.34. The van der Waals surface area contributed by atoms with Crippen LogP contribution in [0.2, 0.25) is 0 Å². The van der Waals surface area contributed by atoms with E-state index >= 15 is 0 Å². The van der Waals surface area contributed by atoms with Crippen LogP contribution in [0, 0.1) is 0 Å². The van der Waals surface area contributed by atoms with Crippen molar-refractivity contribution in [2.75, 3.05) is 25.5 Å². The number of likely N-dealkylation sites (N-methyl/N-ethyl adjacent to an activating group) is 1. The van der Waals surface area contributed by atoms with Crippen LogP contribution < -0.4 is 10.6 Å². The average molecular weight is 427 g/mol. The number of nitrogens with zero attached hydrogens (tertiary/aromatic N) is 2. The molecule has 0 bridgehead atoms. The van der Waals surface area contributed by atoms with Gasteiger partial charge < -0.3 is 15.5 Å². The highest BCUT2D eigenvalue weighted by atomic mass is 15.1. The van der Waals surface area contributed by atoms with Crippen molar-refractivity contribution in [3.8, 4) is 0 Å². The van der Waals surface area contributed by atoms with Crippen LogP contribution in [0.4, 0.5) is 5.82 Å². The molecule has 0 radical (unpaired) electrons. The molecule has 0 saturated heterocycles. The summed E-state index contributed by atoms with van der Waals surface area (Å²) in [5.41, 5.74) is 9.36. The molecule has 4 nitrogen and oxygen atoms in total. The summed E-state index contributed by atoms with van der Waals surface area (Å²) in [7, 11) is 2.13. The fourth-order valence-corrected chi connectivity index (χ4v) is 5.39. The number of hydrogen-bond acceptors (Lipinski definition) is 4. The maximum absolute atomic E-state index is 4.72. The van der Waals surface area contributed by atoms with Crippen molar-refractivity contribution in [2.45, 2.75) is 51.1 Å². The molecule has 1 aromatic carbocycles. The lowest BCUT2D eigenvalue weighted by molar-refractivity contribution is 0.354. The van der Waals surface area contributed by atoms with Gasteiger partial charge in [-0.05, 0) is 66.2 Å². The first-order valence-electron chi connectivity index (χ1n) is 11.9. The Morgan fingerprint density at radius 2 is 2.03 bits per heavy atom. The molecule has 4 heteroatoms. The molecule has 0 unspecified atom stereocenters. The smallest absolute Gasteiger partial charge is 0.130 e. The minimum absolute atomic E-state index is 0.250. The number of fused-ring (bicyclic) bond motifs is 2. The zero-order valence-electron chi connectivity index (χ0n) is 19.4. The number of aromatic nitrogens is 1. The molecule has 1 aliphatic heterocycles. The molecule has 0 amide bonds. The standard InChI is InChI=1S/C28H34N4/c1-20(32(3)18-25-15-23-8-4-5-9-26(23)21(25)2)10-11-22-14-24-17-31-28(12-6-7-13-28)19-30-27(24)29-16-22/h4-5,8-11,14,16,31H,1,6-7,12-13,15,17-19H2,2-3H3,(H,29,30)/b11-10+. The number of allylic oxidation sites excluding steroid dienone is 2. The van der Waals surface area contributed by atoms with E-state index < -0.39 is 0 Å². The van der Waals surface area contributed by atoms with E-state index in [0.717, 1.165) is 43.1 Å². The largest absolute Gasteiger partial charge is 0.371 e. The SMILES string of the molecule is C=C(/C=C/c1cnc2c(c1)CNC1(CCCC1)CN2)N(C)CC1=C(C)c2ccccc2C1. The summed E-state index contributed by atoms with van der Waals surface area (Å²) in [5.74, 6) is 1.03. The van der Waals surface area contributed by atoms with Gasteiger partial charge in [-0.15, -0.1) is 0 Å². The second-order valence-corrected chi connectivity index (χ2v) is 9.71. The van der Waals surface area contributed by atoms with Gasteiger partial charge in [0.25, 0.3) is 0 Å². The van der Waals surface area contributed by atoms with Crippen molar-refractivity contribution in [3.63, 3.8) is 0 Å². The van der Waals surface area contributed by atoms with E-state index in [-0.39, 0.29) is 5.54 Å². The molecule has 32 heavy (non-hydrogen) atoms. The zero-order valence-corrected chi connectivity index (χ0v) is 19.4. The Morgan fingerprint density at radius 3 is 2.84 bits per heavy atom. The number of rotatable bonds is 5. The van der Waals surface area contributed by atoms with Gasteiger partial charge in [-0.25, -0.2) is 4.98 Å². The summed E-state index contributed by atoms with van der Waals surface area (Å²) in [4.78, 5) is 6.96. The minimum atomic E-state index is 0.250. The lowest BCUT2D eigenvalue weighted by atomic mass is 9.98. The molecule has 5 rings (SSSR count). The summed E-state index contributed by atoms with van der Waals surface area (Å²) in [6, 6.07) is 11.0. The molecule has 1 spiro atoms. The van der Waals surface area contributed by atoms with Crippen molar-refractivity contribution < 1.29 is 0 Å². The predicted octanol–water partition coefficient (Wildman–Crippen LogP) is 5.40. The van der Waals surface area contributed by atoms with Gasteiger partial charge >= 0.3 is 0 Å². The Hall–Kier alpha value is -2.85. The second kappa shape index (κ2) is 8.59. The topological polar surface area (TPSA) is 40.2 Å². The highest BCUT2D eigenvalue weighted by molar-refractivity contribution is 5.75. The average Bonchev–Trinajstić information content (AvgIpc) is 3.34. The van der Waals surface area contributed by atoms with E-state index in [1.807, 2.05) is 6.20 Å². The van der Waals surface area contributed by atoms with Gasteiger partial charge in [-0.3, -0.25) is 0 Å². The maximum atomic E-state index is 4.72. The van der Waals surface area contributed by atoms with E-state index in [1.54, 1.807) is 0 Å². The van der Waals surface area contributed by atoms with Crippen molar-refractivity contribution in [1.29, 1.82) is 0 Å². The Kier molecular flexibility index (Phi) is 5.64. The van der Waals surface area contributed by atoms with Crippen molar-refractivity contribution in [3.05, 3.63) is 82.7 Å². The van der Waals surface area contributed by atoms with Crippen LogP contribution in [-0.2, 0) is 13.0 Å². The molecule has 0 atom stereocenters. The summed E-state index contributed by atoms with van der Waals surface area (Å²) in [6.45, 7) is 9.31. The Bertz CT molecular complexity index is 1090. The molecular formula is C28H34N4. The Labute approximate surface area is 192 Å². The quantitative estimate of drug-likeness (QED) is 0.628. The lowest BCUT2D eigenvalue weighted by Crippen LogP contribution is -2.46. The molecule has 1 aromatic heterocycles. The van der Waals surface area contributed by atoms with Gasteiger partial charge in [0.05, 0.1) is 0 Å². The molecule has 166 valence electrons. The number of benzene rings is 1. The molecule has 3 aliphatic rings. The predicted molar refractivity (Wildman–Crippen MR) is 134 cm³/mol. The Morgan fingerprint density at radius 1 is 1.22 bits per heavy atom. The maximum Gasteiger partial charge on any atom is 0.130 e. The van der Waals surface area contributed by atoms with Crippen LogP contribution in [0.1, 0.15) is 54.9 Å². The summed E-state index contributed by atoms with van der Waals surface area (Å²) in [6.07, 6.45) is 12.4. The first kappa shape index (κ1) is 21.0. The van der Waals surface area contributed by atoms with E-state index in [9.17, 15) is 0 Å². The monoisotopic (exact) mass is 426 g/mol. The van der Waals surface area contributed by atoms with Gasteiger partial charge in [-0.1, -0.05) is 49.8 Å². The van der Waals surface area contributed by atoms with Gasteiger partial charge in [0.1, 0.15) is 5.82 Å². The van der Waals surface area contributed by atoms with Crippen LogP contribution in [0.15, 0.2) is 60.5 Å². The third-order valence-corrected chi connectivity index (χ3v) is 7.54. The van der Waals surface area contributed by atoms with Gasteiger partial charge in [0.15, 0.2) is 0 Å². The third kappa shape index (κ3) is 4.12. The first-order valence-corrected chi connectivity index (χ1v) is 11.9. The fraction of sp³-hybridized carbons (Fsp3) is 0.393. The van der Waals surface area contributed by atoms with Crippen LogP contribution >= 0.6 is 0 Å². The van der Waals surface area contributed by atoms with Crippen molar-refractivity contribution in [2.24, 2.45) is 0 Å². The molecule has 2 aromatic rings. The highest BCUT2D eigenvalue weighted by Gasteiger charge is 2.35. The zero-order chi connectivity index (χ0) is 22.1. The molecular weight excluding hydrogens is 392 g/mol.